The van der Waals surface area contributed by atoms with Crippen molar-refractivity contribution < 1.29 is 14.1 Å². The number of ketones is 1. The number of hydrogen-bond acceptors (Lipinski definition) is 4. The predicted molar refractivity (Wildman–Crippen MR) is 64.0 cm³/mol. The first-order chi connectivity index (χ1) is 9.06. The third kappa shape index (κ3) is 3.21. The Kier molecular flexibility index (Phi) is 3.65. The highest BCUT2D eigenvalue weighted by Gasteiger charge is 2.12. The minimum absolute atomic E-state index is 0.0691. The number of carbonyl (C=O) groups is 1. The number of nitro groups is 1. The Balaban J connectivity index is 2.01. The van der Waals surface area contributed by atoms with Gasteiger partial charge in [0.1, 0.15) is 24.8 Å². The van der Waals surface area contributed by atoms with Gasteiger partial charge >= 0.3 is 5.69 Å². The molecule has 2 aromatic rings. The van der Waals surface area contributed by atoms with Crippen molar-refractivity contribution in [2.75, 3.05) is 0 Å². The van der Waals surface area contributed by atoms with Crippen LogP contribution in [-0.4, -0.2) is 20.5 Å². The molecule has 0 saturated carbocycles. The molecule has 0 saturated heterocycles. The monoisotopic (exact) mass is 263 g/mol. The first-order valence-corrected chi connectivity index (χ1v) is 5.48. The Bertz CT molecular complexity index is 624. The lowest BCUT2D eigenvalue weighted by Gasteiger charge is -2.02. The molecule has 0 aliphatic carbocycles. The minimum atomic E-state index is -0.592. The molecule has 1 heterocycles. The highest BCUT2D eigenvalue weighted by atomic mass is 19.1. The fraction of sp³-hybridized carbons (Fsp3) is 0.167. The number of benzene rings is 1. The zero-order valence-electron chi connectivity index (χ0n) is 9.82. The molecular weight excluding hydrogens is 253 g/mol. The summed E-state index contributed by atoms with van der Waals surface area (Å²) >= 11 is 0. The maximum absolute atomic E-state index is 13.3. The van der Waals surface area contributed by atoms with E-state index >= 15 is 0 Å². The number of carbonyl (C=O) groups excluding carboxylic acids is 1. The van der Waals surface area contributed by atoms with Crippen molar-refractivity contribution in [3.8, 4) is 0 Å². The van der Waals surface area contributed by atoms with Crippen molar-refractivity contribution in [2.24, 2.45) is 0 Å². The first kappa shape index (κ1) is 12.9. The van der Waals surface area contributed by atoms with Crippen LogP contribution in [0.15, 0.2) is 36.7 Å². The topological polar surface area (TPSA) is 78.0 Å². The summed E-state index contributed by atoms with van der Waals surface area (Å²) in [6.45, 7) is -0.123. The lowest BCUT2D eigenvalue weighted by Crippen LogP contribution is -2.13. The standard InChI is InChI=1S/C12H10FN3O3/c13-12-4-2-1-3-9(12)5-11(17)8-15-7-10(6-14-15)16(18)19/h1-4,6-7H,5,8H2. The summed E-state index contributed by atoms with van der Waals surface area (Å²) in [5.41, 5.74) is 0.118. The van der Waals surface area contributed by atoms with E-state index in [1.807, 2.05) is 0 Å². The molecule has 7 heteroatoms. The lowest BCUT2D eigenvalue weighted by molar-refractivity contribution is -0.385. The molecular formula is C12H10FN3O3. The molecule has 0 amide bonds. The quantitative estimate of drug-likeness (QED) is 0.608. The van der Waals surface area contributed by atoms with Gasteiger partial charge in [-0.25, -0.2) is 4.39 Å². The van der Waals surface area contributed by atoms with E-state index in [0.29, 0.717) is 5.56 Å². The summed E-state index contributed by atoms with van der Waals surface area (Å²) in [7, 11) is 0. The van der Waals surface area contributed by atoms with Crippen molar-refractivity contribution in [3.63, 3.8) is 0 Å². The Hall–Kier alpha value is -2.57. The molecule has 0 radical (unpaired) electrons. The minimum Gasteiger partial charge on any atom is -0.297 e. The summed E-state index contributed by atoms with van der Waals surface area (Å²) < 4.78 is 14.5. The molecule has 0 atom stereocenters. The highest BCUT2D eigenvalue weighted by Crippen LogP contribution is 2.10. The maximum atomic E-state index is 13.3. The van der Waals surface area contributed by atoms with Crippen LogP contribution < -0.4 is 0 Å². The van der Waals surface area contributed by atoms with E-state index in [4.69, 9.17) is 0 Å². The SMILES string of the molecule is O=C(Cc1ccccc1F)Cn1cc([N+](=O)[O-])cn1. The molecule has 0 N–H and O–H groups in total. The Morgan fingerprint density at radius 3 is 2.79 bits per heavy atom. The molecule has 6 nitrogen and oxygen atoms in total. The van der Waals surface area contributed by atoms with Crippen LogP contribution in [0.4, 0.5) is 10.1 Å². The number of nitrogens with zero attached hydrogens (tertiary/aromatic N) is 3. The summed E-state index contributed by atoms with van der Waals surface area (Å²) in [5.74, 6) is -0.717. The van der Waals surface area contributed by atoms with E-state index in [-0.39, 0.29) is 24.4 Å². The molecule has 0 bridgehead atoms. The zero-order valence-corrected chi connectivity index (χ0v) is 9.82. The molecule has 0 aliphatic rings. The number of aromatic nitrogens is 2. The van der Waals surface area contributed by atoms with E-state index in [9.17, 15) is 19.3 Å². The van der Waals surface area contributed by atoms with Crippen LogP contribution in [0.2, 0.25) is 0 Å². The van der Waals surface area contributed by atoms with Gasteiger partial charge in [-0.1, -0.05) is 18.2 Å². The molecule has 0 fully saturated rings. The average molecular weight is 263 g/mol. The Morgan fingerprint density at radius 1 is 1.42 bits per heavy atom. The van der Waals surface area contributed by atoms with Gasteiger partial charge in [0, 0.05) is 6.42 Å². The van der Waals surface area contributed by atoms with Gasteiger partial charge in [-0.05, 0) is 11.6 Å². The lowest BCUT2D eigenvalue weighted by atomic mass is 10.1. The number of hydrogen-bond donors (Lipinski definition) is 0. The molecule has 1 aromatic heterocycles. The van der Waals surface area contributed by atoms with Crippen molar-refractivity contribution >= 4 is 11.5 Å². The van der Waals surface area contributed by atoms with Gasteiger partial charge in [-0.2, -0.15) is 5.10 Å². The van der Waals surface area contributed by atoms with Crippen LogP contribution in [0, 0.1) is 15.9 Å². The van der Waals surface area contributed by atoms with Crippen LogP contribution in [0.5, 0.6) is 0 Å². The second-order valence-electron chi connectivity index (χ2n) is 3.96. The van der Waals surface area contributed by atoms with Gasteiger partial charge in [0.2, 0.25) is 0 Å². The third-order valence-corrected chi connectivity index (χ3v) is 2.51. The summed E-state index contributed by atoms with van der Waals surface area (Å²) in [6.07, 6.45) is 2.16. The van der Waals surface area contributed by atoms with Gasteiger partial charge in [-0.15, -0.1) is 0 Å². The van der Waals surface area contributed by atoms with Gasteiger partial charge in [0.15, 0.2) is 5.78 Å². The van der Waals surface area contributed by atoms with Crippen molar-refractivity contribution in [1.29, 1.82) is 0 Å². The fourth-order valence-electron chi connectivity index (χ4n) is 1.62. The molecule has 0 spiro atoms. The predicted octanol–water partition coefficient (Wildman–Crippen LogP) is 1.74. The highest BCUT2D eigenvalue weighted by molar-refractivity contribution is 5.80. The van der Waals surface area contributed by atoms with Crippen molar-refractivity contribution in [2.45, 2.75) is 13.0 Å². The smallest absolute Gasteiger partial charge is 0.297 e. The van der Waals surface area contributed by atoms with Gasteiger partial charge in [0.25, 0.3) is 0 Å². The van der Waals surface area contributed by atoms with Gasteiger partial charge in [-0.3, -0.25) is 19.6 Å². The molecule has 0 unspecified atom stereocenters. The molecule has 2 rings (SSSR count). The summed E-state index contributed by atoms with van der Waals surface area (Å²) in [5, 5.41) is 14.2. The Labute approximate surface area is 107 Å². The van der Waals surface area contributed by atoms with E-state index in [1.54, 1.807) is 12.1 Å². The van der Waals surface area contributed by atoms with Gasteiger partial charge < -0.3 is 0 Å². The zero-order chi connectivity index (χ0) is 13.8. The van der Waals surface area contributed by atoms with E-state index in [0.717, 1.165) is 6.20 Å². The van der Waals surface area contributed by atoms with Crippen LogP contribution in [-0.2, 0) is 17.8 Å². The molecule has 98 valence electrons. The maximum Gasteiger partial charge on any atom is 0.307 e. The third-order valence-electron chi connectivity index (χ3n) is 2.51. The normalized spacial score (nSPS) is 10.4. The van der Waals surface area contributed by atoms with Crippen molar-refractivity contribution in [1.82, 2.24) is 9.78 Å². The number of rotatable bonds is 5. The summed E-state index contributed by atoms with van der Waals surface area (Å²) in [4.78, 5) is 21.6. The van der Waals surface area contributed by atoms with Crippen LogP contribution in [0.1, 0.15) is 5.56 Å². The average Bonchev–Trinajstić information content (AvgIpc) is 2.80. The first-order valence-electron chi connectivity index (χ1n) is 5.48. The van der Waals surface area contributed by atoms with Crippen molar-refractivity contribution in [3.05, 3.63) is 58.2 Å². The fourth-order valence-corrected chi connectivity index (χ4v) is 1.62. The van der Waals surface area contributed by atoms with E-state index < -0.39 is 10.7 Å². The van der Waals surface area contributed by atoms with Crippen LogP contribution >= 0.6 is 0 Å². The molecule has 19 heavy (non-hydrogen) atoms. The van der Waals surface area contributed by atoms with E-state index in [1.165, 1.54) is 23.0 Å². The van der Waals surface area contributed by atoms with Crippen LogP contribution in [0.25, 0.3) is 0 Å². The van der Waals surface area contributed by atoms with Gasteiger partial charge in [0.05, 0.1) is 4.92 Å². The largest absolute Gasteiger partial charge is 0.307 e. The number of halogens is 1. The number of Topliss-reactive ketones (excluding diaryl/α,β-unsaturated/α-hetero) is 1. The summed E-state index contributed by atoms with van der Waals surface area (Å²) in [6, 6.07) is 5.99. The second kappa shape index (κ2) is 5.38. The second-order valence-corrected chi connectivity index (χ2v) is 3.96. The van der Waals surface area contributed by atoms with Crippen LogP contribution in [0.3, 0.4) is 0 Å². The van der Waals surface area contributed by atoms with E-state index in [2.05, 4.69) is 5.10 Å². The molecule has 0 aliphatic heterocycles. The molecule has 1 aromatic carbocycles. The Morgan fingerprint density at radius 2 is 2.16 bits per heavy atom.